The van der Waals surface area contributed by atoms with Crippen LogP contribution < -0.4 is 15.4 Å². The smallest absolute Gasteiger partial charge is 0.356 e. The van der Waals surface area contributed by atoms with Crippen LogP contribution in [-0.2, 0) is 23.9 Å². The molecule has 1 saturated heterocycles. The van der Waals surface area contributed by atoms with Crippen molar-refractivity contribution in [3.05, 3.63) is 113 Å². The number of para-hydroxylation sites is 1. The molecule has 2 aliphatic heterocycles. The zero-order chi connectivity index (χ0) is 29.6. The Bertz CT molecular complexity index is 1450. The van der Waals surface area contributed by atoms with Crippen LogP contribution in [0, 0.1) is 0 Å². The van der Waals surface area contributed by atoms with E-state index < -0.39 is 34.8 Å². The minimum Gasteiger partial charge on any atom is -0.477 e. The molecule has 11 heteroatoms. The van der Waals surface area contributed by atoms with E-state index in [1.165, 1.54) is 30.5 Å². The zero-order valence-electron chi connectivity index (χ0n) is 22.9. The van der Waals surface area contributed by atoms with Gasteiger partial charge in [-0.2, -0.15) is 0 Å². The summed E-state index contributed by atoms with van der Waals surface area (Å²) in [5.74, 6) is -1.07. The van der Waals surface area contributed by atoms with Crippen LogP contribution in [0.25, 0.3) is 0 Å². The van der Waals surface area contributed by atoms with Crippen molar-refractivity contribution in [3.63, 3.8) is 0 Å². The number of rotatable bonds is 10. The Morgan fingerprint density at radius 2 is 1.45 bits per heavy atom. The second-order valence-electron chi connectivity index (χ2n) is 9.51. The van der Waals surface area contributed by atoms with Crippen LogP contribution in [0.2, 0.25) is 0 Å². The van der Waals surface area contributed by atoms with Gasteiger partial charge in [0.05, 0.1) is 10.8 Å². The molecule has 0 saturated carbocycles. The van der Waals surface area contributed by atoms with Gasteiger partial charge in [-0.3, -0.25) is 19.3 Å². The topological polar surface area (TPSA) is 114 Å². The van der Waals surface area contributed by atoms with E-state index >= 15 is 0 Å². The third-order valence-corrected chi connectivity index (χ3v) is 9.04. The zero-order valence-corrected chi connectivity index (χ0v) is 24.5. The fourth-order valence-electron chi connectivity index (χ4n) is 4.60. The molecule has 9 nitrogen and oxygen atoms in total. The predicted octanol–water partition coefficient (Wildman–Crippen LogP) is 4.18. The molecule has 42 heavy (non-hydrogen) atoms. The highest BCUT2D eigenvalue weighted by atomic mass is 32.2. The quantitative estimate of drug-likeness (QED) is 0.202. The van der Waals surface area contributed by atoms with Crippen LogP contribution in [0.4, 0.5) is 0 Å². The molecule has 3 aromatic carbocycles. The molecule has 1 fully saturated rings. The fraction of sp³-hybridized carbons (Fsp3) is 0.226. The van der Waals surface area contributed by atoms with Gasteiger partial charge in [0, 0.05) is 13.8 Å². The molecule has 1 unspecified atom stereocenters. The minimum absolute atomic E-state index is 0.0163. The lowest BCUT2D eigenvalue weighted by Gasteiger charge is -2.50. The van der Waals surface area contributed by atoms with Gasteiger partial charge in [-0.15, -0.1) is 23.5 Å². The third-order valence-electron chi connectivity index (χ3n) is 6.49. The summed E-state index contributed by atoms with van der Waals surface area (Å²) in [5.41, 5.74) is 1.53. The third kappa shape index (κ3) is 6.47. The standard InChI is InChI=1S/C31H29N3O6S2/c1-19(35)32-18-41-27-24(31(38)40-25(21-12-6-3-7-13-21)22-14-8-4-9-15-22)34-29(37)26(39-23-16-10-5-11-17-23)30(34)42-28(27)33-20(2)36/h3-17,25-26,28,30H,18H2,1-2H3,(H,32,35)(H,33,36)/t26-,28?,30-/m1/s1. The monoisotopic (exact) mass is 603 g/mol. The van der Waals surface area contributed by atoms with Crippen molar-refractivity contribution in [3.8, 4) is 5.75 Å². The molecule has 3 aromatic rings. The van der Waals surface area contributed by atoms with Crippen LogP contribution in [-0.4, -0.2) is 51.3 Å². The van der Waals surface area contributed by atoms with Gasteiger partial charge in [-0.05, 0) is 23.3 Å². The second-order valence-corrected chi connectivity index (χ2v) is 11.8. The number of fused-ring (bicyclic) bond motifs is 1. The van der Waals surface area contributed by atoms with Gasteiger partial charge in [-0.25, -0.2) is 4.79 Å². The lowest BCUT2D eigenvalue weighted by Crippen LogP contribution is -2.68. The number of amides is 3. The van der Waals surface area contributed by atoms with Crippen LogP contribution in [0.15, 0.2) is 102 Å². The van der Waals surface area contributed by atoms with E-state index in [1.807, 2.05) is 66.7 Å². The summed E-state index contributed by atoms with van der Waals surface area (Å²) in [4.78, 5) is 53.4. The number of hydrogen-bond donors (Lipinski definition) is 2. The van der Waals surface area contributed by atoms with E-state index in [9.17, 15) is 19.2 Å². The predicted molar refractivity (Wildman–Crippen MR) is 161 cm³/mol. The van der Waals surface area contributed by atoms with Gasteiger partial charge < -0.3 is 20.1 Å². The Morgan fingerprint density at radius 1 is 0.881 bits per heavy atom. The van der Waals surface area contributed by atoms with Crippen molar-refractivity contribution >= 4 is 47.2 Å². The molecular formula is C31H29N3O6S2. The fourth-order valence-corrected chi connectivity index (χ4v) is 7.32. The van der Waals surface area contributed by atoms with E-state index in [0.717, 1.165) is 22.9 Å². The Morgan fingerprint density at radius 3 is 2.00 bits per heavy atom. The molecule has 0 aromatic heterocycles. The number of nitrogens with zero attached hydrogens (tertiary/aromatic N) is 1. The highest BCUT2D eigenvalue weighted by molar-refractivity contribution is 8.06. The number of β-lactam (4-membered cyclic amide) rings is 1. The van der Waals surface area contributed by atoms with Crippen LogP contribution in [0.3, 0.4) is 0 Å². The van der Waals surface area contributed by atoms with Gasteiger partial charge in [0.25, 0.3) is 5.91 Å². The Hall–Kier alpha value is -4.22. The maximum absolute atomic E-state index is 14.2. The summed E-state index contributed by atoms with van der Waals surface area (Å²) in [7, 11) is 0. The molecule has 5 rings (SSSR count). The van der Waals surface area contributed by atoms with Crippen molar-refractivity contribution in [1.29, 1.82) is 0 Å². The number of hydrogen-bond acceptors (Lipinski definition) is 8. The van der Waals surface area contributed by atoms with Crippen LogP contribution in [0.5, 0.6) is 5.75 Å². The molecule has 0 radical (unpaired) electrons. The van der Waals surface area contributed by atoms with Crippen molar-refractivity contribution in [2.45, 2.75) is 36.8 Å². The Balaban J connectivity index is 1.53. The largest absolute Gasteiger partial charge is 0.477 e. The van der Waals surface area contributed by atoms with E-state index in [-0.39, 0.29) is 23.4 Å². The van der Waals surface area contributed by atoms with Crippen molar-refractivity contribution < 1.29 is 28.7 Å². The van der Waals surface area contributed by atoms with Crippen molar-refractivity contribution in [2.75, 3.05) is 5.88 Å². The van der Waals surface area contributed by atoms with Crippen molar-refractivity contribution in [1.82, 2.24) is 15.5 Å². The first-order valence-electron chi connectivity index (χ1n) is 13.2. The Labute approximate surface area is 252 Å². The van der Waals surface area contributed by atoms with Gasteiger partial charge in [0.1, 0.15) is 22.2 Å². The number of esters is 1. The number of ether oxygens (including phenoxy) is 2. The highest BCUT2D eigenvalue weighted by Crippen LogP contribution is 2.48. The molecule has 2 N–H and O–H groups in total. The molecule has 2 heterocycles. The van der Waals surface area contributed by atoms with E-state index in [4.69, 9.17) is 9.47 Å². The molecule has 0 aliphatic carbocycles. The first kappa shape index (κ1) is 29.3. The summed E-state index contributed by atoms with van der Waals surface area (Å²) in [6, 6.07) is 27.6. The second kappa shape index (κ2) is 13.2. The molecule has 216 valence electrons. The average molecular weight is 604 g/mol. The summed E-state index contributed by atoms with van der Waals surface area (Å²) >= 11 is 2.44. The molecule has 3 amide bonds. The number of carbonyl (C=O) groups excluding carboxylic acids is 4. The lowest BCUT2D eigenvalue weighted by molar-refractivity contribution is -0.160. The highest BCUT2D eigenvalue weighted by Gasteiger charge is 2.58. The maximum Gasteiger partial charge on any atom is 0.356 e. The van der Waals surface area contributed by atoms with Gasteiger partial charge in [0.2, 0.25) is 17.9 Å². The molecule has 0 spiro atoms. The summed E-state index contributed by atoms with van der Waals surface area (Å²) in [6.45, 7) is 2.77. The average Bonchev–Trinajstić information content (AvgIpc) is 2.99. The number of carbonyl (C=O) groups is 4. The molecule has 2 aliphatic rings. The van der Waals surface area contributed by atoms with Crippen LogP contribution in [0.1, 0.15) is 31.1 Å². The summed E-state index contributed by atoms with van der Waals surface area (Å²) < 4.78 is 12.2. The lowest BCUT2D eigenvalue weighted by atomic mass is 10.0. The van der Waals surface area contributed by atoms with Crippen molar-refractivity contribution in [2.24, 2.45) is 0 Å². The number of benzene rings is 3. The van der Waals surface area contributed by atoms with E-state index in [2.05, 4.69) is 10.6 Å². The van der Waals surface area contributed by atoms with E-state index in [1.54, 1.807) is 24.3 Å². The maximum atomic E-state index is 14.2. The first-order chi connectivity index (χ1) is 20.3. The van der Waals surface area contributed by atoms with Gasteiger partial charge in [-0.1, -0.05) is 78.9 Å². The summed E-state index contributed by atoms with van der Waals surface area (Å²) in [5, 5.41) is 4.30. The SMILES string of the molecule is CC(=O)NCSC1=C(C(=O)OC(c2ccccc2)c2ccccc2)N2C(=O)[C@@H](Oc3ccccc3)[C@H]2SC1NC(C)=O. The molecule has 0 bridgehead atoms. The summed E-state index contributed by atoms with van der Waals surface area (Å²) in [6.07, 6.45) is -1.63. The Kier molecular flexibility index (Phi) is 9.19. The van der Waals surface area contributed by atoms with Crippen LogP contribution >= 0.6 is 23.5 Å². The van der Waals surface area contributed by atoms with E-state index in [0.29, 0.717) is 10.7 Å². The first-order valence-corrected chi connectivity index (χ1v) is 15.2. The normalized spacial score (nSPS) is 19.5. The van der Waals surface area contributed by atoms with Gasteiger partial charge >= 0.3 is 5.97 Å². The molecular weight excluding hydrogens is 574 g/mol. The molecule has 3 atom stereocenters. The number of nitrogens with one attached hydrogen (secondary N) is 2. The van der Waals surface area contributed by atoms with Gasteiger partial charge in [0.15, 0.2) is 6.10 Å². The minimum atomic E-state index is -0.877. The number of thioether (sulfide) groups is 2.